The lowest BCUT2D eigenvalue weighted by molar-refractivity contribution is -0.139. The van der Waals surface area contributed by atoms with Crippen LogP contribution < -0.4 is 9.80 Å². The third-order valence-electron chi connectivity index (χ3n) is 5.86. The molecule has 0 unspecified atom stereocenters. The summed E-state index contributed by atoms with van der Waals surface area (Å²) in [5, 5.41) is 0. The smallest absolute Gasteiger partial charge is 0.414 e. The molecule has 10 nitrogen and oxygen atoms in total. The Labute approximate surface area is 247 Å². The van der Waals surface area contributed by atoms with E-state index in [1.807, 2.05) is 12.1 Å². The summed E-state index contributed by atoms with van der Waals surface area (Å²) in [5.41, 5.74) is 1.84. The molecule has 2 rings (SSSR count). The predicted octanol–water partition coefficient (Wildman–Crippen LogP) is 6.07. The van der Waals surface area contributed by atoms with Crippen LogP contribution in [0.15, 0.2) is 85.0 Å². The lowest BCUT2D eigenvalue weighted by Crippen LogP contribution is -2.35. The normalized spacial score (nSPS) is 10.2. The number of rotatable bonds is 17. The van der Waals surface area contributed by atoms with Gasteiger partial charge in [-0.2, -0.15) is 0 Å². The summed E-state index contributed by atoms with van der Waals surface area (Å²) < 4.78 is 21.2. The lowest BCUT2D eigenvalue weighted by atomic mass is 10.2. The van der Waals surface area contributed by atoms with E-state index in [4.69, 9.17) is 18.9 Å². The molecule has 42 heavy (non-hydrogen) atoms. The van der Waals surface area contributed by atoms with Crippen molar-refractivity contribution in [1.29, 1.82) is 0 Å². The third-order valence-corrected chi connectivity index (χ3v) is 5.86. The van der Waals surface area contributed by atoms with Crippen molar-refractivity contribution in [2.75, 3.05) is 49.3 Å². The molecule has 0 bridgehead atoms. The summed E-state index contributed by atoms with van der Waals surface area (Å²) >= 11 is 0. The second kappa shape index (κ2) is 18.7. The molecule has 0 radical (unpaired) electrons. The minimum atomic E-state index is -0.531. The quantitative estimate of drug-likeness (QED) is 0.0959. The van der Waals surface area contributed by atoms with Crippen molar-refractivity contribution in [2.24, 2.45) is 0 Å². The third kappa shape index (κ3) is 12.3. The number of para-hydroxylation sites is 2. The van der Waals surface area contributed by atoms with Crippen molar-refractivity contribution in [3.63, 3.8) is 0 Å². The van der Waals surface area contributed by atoms with Crippen LogP contribution >= 0.6 is 0 Å². The zero-order valence-electron chi connectivity index (χ0n) is 24.4. The summed E-state index contributed by atoms with van der Waals surface area (Å²) in [6, 6.07) is 18.0. The van der Waals surface area contributed by atoms with Crippen molar-refractivity contribution in [3.05, 3.63) is 85.0 Å². The van der Waals surface area contributed by atoms with E-state index < -0.39 is 24.1 Å². The molecule has 0 heterocycles. The number of unbranched alkanes of at least 4 members (excludes halogenated alkanes) is 3. The van der Waals surface area contributed by atoms with Gasteiger partial charge in [0.25, 0.3) is 0 Å². The highest BCUT2D eigenvalue weighted by molar-refractivity contribution is 5.89. The van der Waals surface area contributed by atoms with Crippen LogP contribution in [0.25, 0.3) is 0 Å². The molecule has 0 saturated heterocycles. The van der Waals surface area contributed by atoms with Crippen molar-refractivity contribution < 1.29 is 38.1 Å². The van der Waals surface area contributed by atoms with Crippen LogP contribution in [0, 0.1) is 0 Å². The second-order valence-corrected chi connectivity index (χ2v) is 9.45. The fourth-order valence-electron chi connectivity index (χ4n) is 3.61. The van der Waals surface area contributed by atoms with E-state index >= 15 is 0 Å². The van der Waals surface area contributed by atoms with Gasteiger partial charge in [0.1, 0.15) is 13.2 Å². The molecule has 0 aliphatic rings. The first-order chi connectivity index (χ1) is 20.2. The number of ether oxygens (including phenoxy) is 4. The maximum absolute atomic E-state index is 12.7. The monoisotopic (exact) mass is 580 g/mol. The van der Waals surface area contributed by atoms with E-state index in [1.165, 1.54) is 9.80 Å². The van der Waals surface area contributed by atoms with Gasteiger partial charge in [-0.3, -0.25) is 9.80 Å². The van der Waals surface area contributed by atoms with E-state index in [-0.39, 0.29) is 50.7 Å². The first-order valence-electron chi connectivity index (χ1n) is 13.8. The van der Waals surface area contributed by atoms with Gasteiger partial charge < -0.3 is 18.9 Å². The molecular weight excluding hydrogens is 540 g/mol. The predicted molar refractivity (Wildman–Crippen MR) is 160 cm³/mol. The summed E-state index contributed by atoms with van der Waals surface area (Å²) in [5.74, 6) is -1.03. The second-order valence-electron chi connectivity index (χ2n) is 9.45. The van der Waals surface area contributed by atoms with E-state index in [9.17, 15) is 19.2 Å². The van der Waals surface area contributed by atoms with Gasteiger partial charge >= 0.3 is 24.1 Å². The summed E-state index contributed by atoms with van der Waals surface area (Å²) in [4.78, 5) is 51.7. The van der Waals surface area contributed by atoms with Crippen LogP contribution in [0.4, 0.5) is 21.0 Å². The fraction of sp³-hybridized carbons (Fsp3) is 0.375. The van der Waals surface area contributed by atoms with Gasteiger partial charge in [0, 0.05) is 22.5 Å². The Morgan fingerprint density at radius 3 is 1.24 bits per heavy atom. The molecule has 226 valence electrons. The van der Waals surface area contributed by atoms with Crippen LogP contribution in [0.5, 0.6) is 0 Å². The molecule has 0 saturated carbocycles. The average molecular weight is 581 g/mol. The molecule has 10 heteroatoms. The Kier molecular flexibility index (Phi) is 15.0. The van der Waals surface area contributed by atoms with E-state index in [2.05, 4.69) is 13.2 Å². The highest BCUT2D eigenvalue weighted by atomic mass is 16.6. The first-order valence-corrected chi connectivity index (χ1v) is 13.8. The molecular formula is C32H40N2O8. The van der Waals surface area contributed by atoms with E-state index in [0.29, 0.717) is 24.2 Å². The molecule has 2 aromatic carbocycles. The van der Waals surface area contributed by atoms with Gasteiger partial charge in [-0.15, -0.1) is 0 Å². The summed E-state index contributed by atoms with van der Waals surface area (Å²) in [6.07, 6.45) is 1.75. The zero-order valence-corrected chi connectivity index (χ0v) is 24.4. The number of nitrogens with zero attached hydrogens (tertiary/aromatic N) is 2. The number of benzene rings is 2. The number of carbonyl (C=O) groups is 4. The summed E-state index contributed by atoms with van der Waals surface area (Å²) in [6.45, 7) is 11.0. The van der Waals surface area contributed by atoms with Crippen LogP contribution in [0.3, 0.4) is 0 Å². The lowest BCUT2D eigenvalue weighted by Gasteiger charge is -2.22. The maximum Gasteiger partial charge on any atom is 0.414 e. The fourth-order valence-corrected chi connectivity index (χ4v) is 3.61. The number of esters is 2. The topological polar surface area (TPSA) is 112 Å². The van der Waals surface area contributed by atoms with Crippen LogP contribution in [-0.4, -0.2) is 63.6 Å². The SMILES string of the molecule is C=C(C)C(=O)OCCN(C(=O)OCCCCCCOC(=O)N(CCOC(=O)C(=C)C)c1ccccc1)c1ccccc1. The van der Waals surface area contributed by atoms with Crippen LogP contribution in [0.1, 0.15) is 39.5 Å². The van der Waals surface area contributed by atoms with Gasteiger partial charge in [0.05, 0.1) is 26.3 Å². The standard InChI is InChI=1S/C32H40N2O8/c1-25(2)29(35)39-23-19-33(27-15-9-7-10-16-27)31(37)41-21-13-5-6-14-22-42-32(38)34(28-17-11-8-12-18-28)20-24-40-30(36)26(3)4/h7-12,15-18H,1,3,5-6,13-14,19-24H2,2,4H3. The minimum absolute atomic E-state index is 0.00967. The minimum Gasteiger partial charge on any atom is -0.460 e. The molecule has 0 spiro atoms. The van der Waals surface area contributed by atoms with Gasteiger partial charge in [-0.25, -0.2) is 19.2 Å². The Balaban J connectivity index is 1.72. The number of carbonyl (C=O) groups excluding carboxylic acids is 4. The highest BCUT2D eigenvalue weighted by Gasteiger charge is 2.19. The Bertz CT molecular complexity index is 1090. The first kappa shape index (κ1) is 33.6. The largest absolute Gasteiger partial charge is 0.460 e. The van der Waals surface area contributed by atoms with Gasteiger partial charge in [-0.05, 0) is 63.8 Å². The van der Waals surface area contributed by atoms with Gasteiger partial charge in [0.2, 0.25) is 0 Å². The van der Waals surface area contributed by atoms with Crippen molar-refractivity contribution >= 4 is 35.5 Å². The Morgan fingerprint density at radius 1 is 0.548 bits per heavy atom. The number of hydrogen-bond acceptors (Lipinski definition) is 8. The molecule has 0 aliphatic carbocycles. The van der Waals surface area contributed by atoms with Gasteiger partial charge in [-0.1, -0.05) is 49.6 Å². The molecule has 0 atom stereocenters. The number of hydrogen-bond donors (Lipinski definition) is 0. The van der Waals surface area contributed by atoms with Crippen LogP contribution in [-0.2, 0) is 28.5 Å². The molecule has 0 fully saturated rings. The molecule has 2 aromatic rings. The molecule has 0 aromatic heterocycles. The Hall–Kier alpha value is -4.60. The van der Waals surface area contributed by atoms with E-state index in [1.54, 1.807) is 62.4 Å². The van der Waals surface area contributed by atoms with E-state index in [0.717, 1.165) is 12.8 Å². The van der Waals surface area contributed by atoms with Crippen molar-refractivity contribution in [1.82, 2.24) is 0 Å². The van der Waals surface area contributed by atoms with Crippen molar-refractivity contribution in [2.45, 2.75) is 39.5 Å². The molecule has 0 aliphatic heterocycles. The number of anilines is 2. The van der Waals surface area contributed by atoms with Crippen molar-refractivity contribution in [3.8, 4) is 0 Å². The highest BCUT2D eigenvalue weighted by Crippen LogP contribution is 2.16. The average Bonchev–Trinajstić information content (AvgIpc) is 2.99. The Morgan fingerprint density at radius 2 is 0.905 bits per heavy atom. The van der Waals surface area contributed by atoms with Gasteiger partial charge in [0.15, 0.2) is 0 Å². The zero-order chi connectivity index (χ0) is 30.7. The molecule has 0 N–H and O–H groups in total. The maximum atomic E-state index is 12.7. The summed E-state index contributed by atoms with van der Waals surface area (Å²) in [7, 11) is 0. The van der Waals surface area contributed by atoms with Crippen LogP contribution in [0.2, 0.25) is 0 Å². The molecule has 2 amide bonds. The number of amides is 2.